The third-order valence-electron chi connectivity index (χ3n) is 2.48. The fourth-order valence-electron chi connectivity index (χ4n) is 1.39. The Morgan fingerprint density at radius 3 is 2.63 bits per heavy atom. The van der Waals surface area contributed by atoms with Crippen LogP contribution in [0.4, 0.5) is 5.69 Å². The molecule has 0 fully saturated rings. The Morgan fingerprint density at radius 2 is 2.05 bits per heavy atom. The number of carbonyl (C=O) groups is 2. The summed E-state index contributed by atoms with van der Waals surface area (Å²) in [5.74, 6) is -0.510. The normalized spacial score (nSPS) is 10.1. The lowest BCUT2D eigenvalue weighted by molar-refractivity contribution is -0.128. The number of nitrogens with two attached hydrogens (primary N) is 1. The molecule has 2 N–H and O–H groups in total. The summed E-state index contributed by atoms with van der Waals surface area (Å²) in [6.07, 6.45) is 0.824. The number of rotatable bonds is 5. The first-order valence-electron chi connectivity index (χ1n) is 5.84. The van der Waals surface area contributed by atoms with Crippen LogP contribution in [0.25, 0.3) is 0 Å². The molecule has 19 heavy (non-hydrogen) atoms. The predicted octanol–water partition coefficient (Wildman–Crippen LogP) is 1.95. The monoisotopic (exact) mass is 284 g/mol. The number of hydrogen-bond donors (Lipinski definition) is 1. The Morgan fingerprint density at radius 1 is 1.37 bits per heavy atom. The van der Waals surface area contributed by atoms with Crippen LogP contribution < -0.4 is 5.73 Å². The van der Waals surface area contributed by atoms with Crippen LogP contribution in [0, 0.1) is 0 Å². The van der Waals surface area contributed by atoms with Crippen molar-refractivity contribution >= 4 is 29.2 Å². The second-order valence-corrected chi connectivity index (χ2v) is 4.67. The molecule has 0 aliphatic carbocycles. The Bertz CT molecular complexity index is 475. The zero-order valence-corrected chi connectivity index (χ0v) is 11.7. The molecule has 1 aromatic carbocycles. The quantitative estimate of drug-likeness (QED) is 0.509. The molecule has 1 aromatic rings. The first kappa shape index (κ1) is 15.3. The molecule has 1 amide bonds. The van der Waals surface area contributed by atoms with Gasteiger partial charge in [0.25, 0.3) is 0 Å². The number of hydrogen-bond acceptors (Lipinski definition) is 4. The highest BCUT2D eigenvalue weighted by Gasteiger charge is 2.12. The summed E-state index contributed by atoms with van der Waals surface area (Å²) in [7, 11) is 3.37. The van der Waals surface area contributed by atoms with E-state index in [9.17, 15) is 9.59 Å². The van der Waals surface area contributed by atoms with Gasteiger partial charge in [0.15, 0.2) is 0 Å². The fourth-order valence-corrected chi connectivity index (χ4v) is 1.65. The Labute approximate surface area is 117 Å². The number of amides is 1. The highest BCUT2D eigenvalue weighted by molar-refractivity contribution is 6.33. The molecule has 6 heteroatoms. The molecule has 0 aliphatic heterocycles. The molecule has 0 bridgehead atoms. The van der Waals surface area contributed by atoms with E-state index < -0.39 is 5.97 Å². The summed E-state index contributed by atoms with van der Waals surface area (Å²) >= 11 is 5.89. The second-order valence-electron chi connectivity index (χ2n) is 4.27. The minimum absolute atomic E-state index is 0.00145. The van der Waals surface area contributed by atoms with E-state index in [1.165, 1.54) is 17.0 Å². The second kappa shape index (κ2) is 6.99. The van der Waals surface area contributed by atoms with Gasteiger partial charge in [-0.2, -0.15) is 0 Å². The zero-order valence-electron chi connectivity index (χ0n) is 11.0. The van der Waals surface area contributed by atoms with Gasteiger partial charge in [0.1, 0.15) is 0 Å². The highest BCUT2D eigenvalue weighted by Crippen LogP contribution is 2.20. The minimum atomic E-state index is -0.512. The van der Waals surface area contributed by atoms with Crippen LogP contribution in [0.3, 0.4) is 0 Å². The van der Waals surface area contributed by atoms with Gasteiger partial charge in [0, 0.05) is 26.2 Å². The van der Waals surface area contributed by atoms with Crippen molar-refractivity contribution in [2.75, 3.05) is 26.4 Å². The van der Waals surface area contributed by atoms with E-state index in [2.05, 4.69) is 0 Å². The highest BCUT2D eigenvalue weighted by atomic mass is 35.5. The third kappa shape index (κ3) is 4.79. The van der Waals surface area contributed by atoms with Crippen LogP contribution >= 0.6 is 11.6 Å². The molecule has 0 atom stereocenters. The van der Waals surface area contributed by atoms with Crippen molar-refractivity contribution in [1.82, 2.24) is 4.90 Å². The first-order valence-corrected chi connectivity index (χ1v) is 6.22. The molecule has 0 saturated heterocycles. The van der Waals surface area contributed by atoms with Crippen molar-refractivity contribution in [2.24, 2.45) is 0 Å². The predicted molar refractivity (Wildman–Crippen MR) is 74.1 cm³/mol. The smallest absolute Gasteiger partial charge is 0.339 e. The number of esters is 1. The standard InChI is InChI=1S/C13H17ClN2O3/c1-16(2)12(17)4-3-7-19-13(18)10-6-5-9(15)8-11(10)14/h5-6,8H,3-4,7,15H2,1-2H3. The maximum atomic E-state index is 11.7. The lowest BCUT2D eigenvalue weighted by Crippen LogP contribution is -2.21. The molecular formula is C13H17ClN2O3. The van der Waals surface area contributed by atoms with Gasteiger partial charge in [-0.25, -0.2) is 4.79 Å². The molecule has 0 aliphatic rings. The molecule has 0 spiro atoms. The topological polar surface area (TPSA) is 72.6 Å². The maximum Gasteiger partial charge on any atom is 0.339 e. The lowest BCUT2D eigenvalue weighted by atomic mass is 10.2. The van der Waals surface area contributed by atoms with Gasteiger partial charge in [0.2, 0.25) is 5.91 Å². The number of nitrogen functional groups attached to an aromatic ring is 1. The third-order valence-corrected chi connectivity index (χ3v) is 2.79. The molecule has 0 saturated carbocycles. The van der Waals surface area contributed by atoms with E-state index >= 15 is 0 Å². The maximum absolute atomic E-state index is 11.7. The summed E-state index contributed by atoms with van der Waals surface area (Å²) in [6.45, 7) is 0.180. The molecule has 0 aromatic heterocycles. The SMILES string of the molecule is CN(C)C(=O)CCCOC(=O)c1ccc(N)cc1Cl. The molecule has 1 rings (SSSR count). The van der Waals surface area contributed by atoms with Gasteiger partial charge in [-0.3, -0.25) is 4.79 Å². The Hall–Kier alpha value is -1.75. The van der Waals surface area contributed by atoms with E-state index in [0.29, 0.717) is 18.5 Å². The molecule has 5 nitrogen and oxygen atoms in total. The Balaban J connectivity index is 2.41. The van der Waals surface area contributed by atoms with Crippen LogP contribution in [0.1, 0.15) is 23.2 Å². The number of halogens is 1. The molecular weight excluding hydrogens is 268 g/mol. The first-order chi connectivity index (χ1) is 8.91. The van der Waals surface area contributed by atoms with Crippen molar-refractivity contribution < 1.29 is 14.3 Å². The fraction of sp³-hybridized carbons (Fsp3) is 0.385. The summed E-state index contributed by atoms with van der Waals surface area (Å²) in [5, 5.41) is 0.259. The average molecular weight is 285 g/mol. The molecule has 104 valence electrons. The van der Waals surface area contributed by atoms with E-state index in [1.807, 2.05) is 0 Å². The zero-order chi connectivity index (χ0) is 14.4. The lowest BCUT2D eigenvalue weighted by Gasteiger charge is -2.10. The molecule has 0 heterocycles. The van der Waals surface area contributed by atoms with Crippen molar-refractivity contribution in [3.63, 3.8) is 0 Å². The average Bonchev–Trinajstić information content (AvgIpc) is 2.33. The van der Waals surface area contributed by atoms with Gasteiger partial charge >= 0.3 is 5.97 Å². The van der Waals surface area contributed by atoms with Crippen LogP contribution in [-0.4, -0.2) is 37.5 Å². The van der Waals surface area contributed by atoms with Crippen molar-refractivity contribution in [3.05, 3.63) is 28.8 Å². The van der Waals surface area contributed by atoms with Crippen molar-refractivity contribution in [2.45, 2.75) is 12.8 Å². The van der Waals surface area contributed by atoms with Gasteiger partial charge in [-0.05, 0) is 24.6 Å². The number of benzene rings is 1. The van der Waals surface area contributed by atoms with E-state index in [-0.39, 0.29) is 23.1 Å². The van der Waals surface area contributed by atoms with Crippen LogP contribution in [0.15, 0.2) is 18.2 Å². The van der Waals surface area contributed by atoms with Crippen molar-refractivity contribution in [3.8, 4) is 0 Å². The Kier molecular flexibility index (Phi) is 5.63. The number of nitrogens with zero attached hydrogens (tertiary/aromatic N) is 1. The van der Waals surface area contributed by atoms with E-state index in [0.717, 1.165) is 0 Å². The van der Waals surface area contributed by atoms with Crippen LogP contribution in [-0.2, 0) is 9.53 Å². The summed E-state index contributed by atoms with van der Waals surface area (Å²) < 4.78 is 5.04. The number of ether oxygens (including phenoxy) is 1. The van der Waals surface area contributed by atoms with Gasteiger partial charge in [0.05, 0.1) is 17.2 Å². The number of anilines is 1. The molecule has 0 unspecified atom stereocenters. The van der Waals surface area contributed by atoms with Gasteiger partial charge in [-0.15, -0.1) is 0 Å². The van der Waals surface area contributed by atoms with Gasteiger partial charge < -0.3 is 15.4 Å². The largest absolute Gasteiger partial charge is 0.462 e. The van der Waals surface area contributed by atoms with Crippen LogP contribution in [0.5, 0.6) is 0 Å². The van der Waals surface area contributed by atoms with Gasteiger partial charge in [-0.1, -0.05) is 11.6 Å². The summed E-state index contributed by atoms with van der Waals surface area (Å²) in [5.41, 5.74) is 6.29. The van der Waals surface area contributed by atoms with Crippen molar-refractivity contribution in [1.29, 1.82) is 0 Å². The number of carbonyl (C=O) groups excluding carboxylic acids is 2. The molecule has 0 radical (unpaired) electrons. The van der Waals surface area contributed by atoms with E-state index in [1.54, 1.807) is 20.2 Å². The summed E-state index contributed by atoms with van der Waals surface area (Å²) in [4.78, 5) is 24.5. The minimum Gasteiger partial charge on any atom is -0.462 e. The summed E-state index contributed by atoms with van der Waals surface area (Å²) in [6, 6.07) is 4.59. The van der Waals surface area contributed by atoms with E-state index in [4.69, 9.17) is 22.1 Å². The van der Waals surface area contributed by atoms with Crippen LogP contribution in [0.2, 0.25) is 5.02 Å².